The second-order valence-electron chi connectivity index (χ2n) is 9.53. The summed E-state index contributed by atoms with van der Waals surface area (Å²) >= 11 is 0. The first-order valence-corrected chi connectivity index (χ1v) is 12.7. The summed E-state index contributed by atoms with van der Waals surface area (Å²) in [6.07, 6.45) is 0.699. The zero-order valence-electron chi connectivity index (χ0n) is 20.3. The van der Waals surface area contributed by atoms with Gasteiger partial charge in [-0.05, 0) is 76.8 Å². The van der Waals surface area contributed by atoms with E-state index in [9.17, 15) is 27.9 Å². The minimum atomic E-state index is -2.76. The molecule has 1 aliphatic heterocycles. The van der Waals surface area contributed by atoms with Gasteiger partial charge in [-0.3, -0.25) is 23.5 Å². The van der Waals surface area contributed by atoms with E-state index < -0.39 is 32.9 Å². The highest BCUT2D eigenvalue weighted by atomic mass is 32.3. The van der Waals surface area contributed by atoms with E-state index in [2.05, 4.69) is 10.6 Å². The summed E-state index contributed by atoms with van der Waals surface area (Å²) in [6.45, 7) is 8.36. The number of hydrogen-bond acceptors (Lipinski definition) is 5. The molecule has 0 spiro atoms. The third kappa shape index (κ3) is 4.75. The van der Waals surface area contributed by atoms with Gasteiger partial charge in [-0.2, -0.15) is 10.6 Å². The van der Waals surface area contributed by atoms with Crippen molar-refractivity contribution < 1.29 is 27.9 Å². The average molecular weight is 494 g/mol. The number of aryl methyl sites for hydroxylation is 1. The second-order valence-corrected chi connectivity index (χ2v) is 12.4. The third-order valence-corrected chi connectivity index (χ3v) is 9.45. The SMILES string of the molecule is Cc1cc(NC(=O)c2c(C)c(C(=O)C(=O)NC3CCS(O)(O)C(C)(C)C3)n(C)c2C)ccc1F. The first-order valence-electron chi connectivity index (χ1n) is 11.0. The largest absolute Gasteiger partial charge is 0.346 e. The maximum Gasteiger partial charge on any atom is 0.294 e. The summed E-state index contributed by atoms with van der Waals surface area (Å²) < 4.78 is 34.8. The smallest absolute Gasteiger partial charge is 0.294 e. The molecular formula is C24H32FN3O5S. The molecule has 8 nitrogen and oxygen atoms in total. The number of ketones is 1. The number of amides is 2. The Morgan fingerprint density at radius 1 is 1.18 bits per heavy atom. The van der Waals surface area contributed by atoms with Crippen molar-refractivity contribution >= 4 is 33.9 Å². The Balaban J connectivity index is 1.80. The van der Waals surface area contributed by atoms with Crippen LogP contribution in [0.15, 0.2) is 18.2 Å². The van der Waals surface area contributed by atoms with Crippen molar-refractivity contribution in [3.8, 4) is 0 Å². The molecule has 0 saturated carbocycles. The molecular weight excluding hydrogens is 461 g/mol. The molecule has 1 fully saturated rings. The van der Waals surface area contributed by atoms with Crippen LogP contribution in [0, 0.1) is 26.6 Å². The fraction of sp³-hybridized carbons (Fsp3) is 0.458. The molecule has 0 radical (unpaired) electrons. The highest BCUT2D eigenvalue weighted by Crippen LogP contribution is 2.57. The Morgan fingerprint density at radius 3 is 2.41 bits per heavy atom. The zero-order chi connectivity index (χ0) is 25.6. The topological polar surface area (TPSA) is 121 Å². The van der Waals surface area contributed by atoms with E-state index in [-0.39, 0.29) is 28.9 Å². The normalized spacial score (nSPS) is 19.9. The highest BCUT2D eigenvalue weighted by molar-refractivity contribution is 8.25. The molecule has 1 saturated heterocycles. The fourth-order valence-corrected chi connectivity index (χ4v) is 6.08. The van der Waals surface area contributed by atoms with Gasteiger partial charge in [-0.15, -0.1) is 0 Å². The molecule has 2 amide bonds. The zero-order valence-corrected chi connectivity index (χ0v) is 21.1. The Hall–Kier alpha value is -2.69. The van der Waals surface area contributed by atoms with Crippen molar-refractivity contribution in [3.05, 3.63) is 52.1 Å². The van der Waals surface area contributed by atoms with Crippen LogP contribution in [0.3, 0.4) is 0 Å². The van der Waals surface area contributed by atoms with Crippen LogP contribution in [0.1, 0.15) is 64.4 Å². The Morgan fingerprint density at radius 2 is 1.82 bits per heavy atom. The summed E-state index contributed by atoms with van der Waals surface area (Å²) in [4.78, 5) is 38.9. The van der Waals surface area contributed by atoms with Gasteiger partial charge in [0.1, 0.15) is 5.82 Å². The molecule has 10 heteroatoms. The number of carbonyl (C=O) groups excluding carboxylic acids is 3. The van der Waals surface area contributed by atoms with Gasteiger partial charge in [0.25, 0.3) is 17.6 Å². The molecule has 2 heterocycles. The van der Waals surface area contributed by atoms with E-state index in [0.29, 0.717) is 35.3 Å². The molecule has 0 bridgehead atoms. The van der Waals surface area contributed by atoms with Gasteiger partial charge in [0.05, 0.1) is 16.0 Å². The van der Waals surface area contributed by atoms with E-state index in [1.165, 1.54) is 22.8 Å². The number of nitrogens with one attached hydrogen (secondary N) is 2. The van der Waals surface area contributed by atoms with Crippen LogP contribution in [0.2, 0.25) is 0 Å². The van der Waals surface area contributed by atoms with Crippen molar-refractivity contribution in [3.63, 3.8) is 0 Å². The lowest BCUT2D eigenvalue weighted by Gasteiger charge is -2.52. The Bertz CT molecular complexity index is 1170. The van der Waals surface area contributed by atoms with E-state index in [0.717, 1.165) is 0 Å². The van der Waals surface area contributed by atoms with Crippen LogP contribution >= 0.6 is 10.6 Å². The number of carbonyl (C=O) groups is 3. The number of anilines is 1. The highest BCUT2D eigenvalue weighted by Gasteiger charge is 2.42. The van der Waals surface area contributed by atoms with E-state index >= 15 is 0 Å². The predicted molar refractivity (Wildman–Crippen MR) is 131 cm³/mol. The molecule has 4 N–H and O–H groups in total. The van der Waals surface area contributed by atoms with Gasteiger partial charge < -0.3 is 15.2 Å². The molecule has 2 aromatic rings. The van der Waals surface area contributed by atoms with Crippen molar-refractivity contribution in [2.75, 3.05) is 11.1 Å². The summed E-state index contributed by atoms with van der Waals surface area (Å²) in [7, 11) is -1.15. The summed E-state index contributed by atoms with van der Waals surface area (Å²) in [5.41, 5.74) is 2.07. The standard InChI is InChI=1S/C24H32FN3O5S/c1-13-11-16(7-8-18(13)25)26-22(30)19-14(2)20(28(6)15(19)3)21(29)23(31)27-17-9-10-34(32,33)24(4,5)12-17/h7-8,11,17,32-33H,9-10,12H2,1-6H3,(H,26,30)(H,27,31). The minimum Gasteiger partial charge on any atom is -0.346 e. The first kappa shape index (κ1) is 25.9. The third-order valence-electron chi connectivity index (χ3n) is 6.70. The number of Topliss-reactive ketones (excluding diaryl/α,β-unsaturated/α-hetero) is 1. The summed E-state index contributed by atoms with van der Waals surface area (Å²) in [5, 5.41) is 5.45. The van der Waals surface area contributed by atoms with Crippen molar-refractivity contribution in [2.45, 2.75) is 58.2 Å². The number of rotatable bonds is 5. The average Bonchev–Trinajstić information content (AvgIpc) is 2.95. The van der Waals surface area contributed by atoms with Crippen LogP contribution < -0.4 is 10.6 Å². The Labute approximate surface area is 200 Å². The monoisotopic (exact) mass is 493 g/mol. The van der Waals surface area contributed by atoms with Gasteiger partial charge in [-0.25, -0.2) is 4.39 Å². The maximum absolute atomic E-state index is 13.5. The Kier molecular flexibility index (Phi) is 6.99. The number of hydrogen-bond donors (Lipinski definition) is 4. The molecule has 3 rings (SSSR count). The van der Waals surface area contributed by atoms with Crippen LogP contribution in [0.25, 0.3) is 0 Å². The maximum atomic E-state index is 13.5. The number of aromatic nitrogens is 1. The quantitative estimate of drug-likeness (QED) is 0.365. The molecule has 1 aromatic carbocycles. The van der Waals surface area contributed by atoms with Crippen molar-refractivity contribution in [1.29, 1.82) is 0 Å². The lowest BCUT2D eigenvalue weighted by molar-refractivity contribution is -0.117. The van der Waals surface area contributed by atoms with E-state index in [1.807, 2.05) is 0 Å². The van der Waals surface area contributed by atoms with Gasteiger partial charge >= 0.3 is 0 Å². The molecule has 34 heavy (non-hydrogen) atoms. The molecule has 0 aliphatic carbocycles. The molecule has 1 aliphatic rings. The van der Waals surface area contributed by atoms with Gasteiger partial charge in [0, 0.05) is 30.2 Å². The van der Waals surface area contributed by atoms with Crippen LogP contribution in [-0.4, -0.2) is 47.8 Å². The van der Waals surface area contributed by atoms with Crippen LogP contribution in [-0.2, 0) is 11.8 Å². The molecule has 1 atom stereocenters. The summed E-state index contributed by atoms with van der Waals surface area (Å²) in [5.74, 6) is -2.25. The lowest BCUT2D eigenvalue weighted by atomic mass is 9.99. The van der Waals surface area contributed by atoms with Gasteiger partial charge in [0.15, 0.2) is 0 Å². The lowest BCUT2D eigenvalue weighted by Crippen LogP contribution is -2.49. The minimum absolute atomic E-state index is 0.106. The van der Waals surface area contributed by atoms with Crippen LogP contribution in [0.5, 0.6) is 0 Å². The number of halogens is 1. The van der Waals surface area contributed by atoms with Crippen LogP contribution in [0.4, 0.5) is 10.1 Å². The van der Waals surface area contributed by atoms with Crippen molar-refractivity contribution in [2.24, 2.45) is 7.05 Å². The first-order chi connectivity index (χ1) is 15.7. The predicted octanol–water partition coefficient (Wildman–Crippen LogP) is 4.33. The van der Waals surface area contributed by atoms with Gasteiger partial charge in [-0.1, -0.05) is 0 Å². The second kappa shape index (κ2) is 9.16. The van der Waals surface area contributed by atoms with E-state index in [1.54, 1.807) is 41.7 Å². The summed E-state index contributed by atoms with van der Waals surface area (Å²) in [6, 6.07) is 3.87. The number of nitrogens with zero attached hydrogens (tertiary/aromatic N) is 1. The van der Waals surface area contributed by atoms with Crippen molar-refractivity contribution in [1.82, 2.24) is 9.88 Å². The van der Waals surface area contributed by atoms with Gasteiger partial charge in [0.2, 0.25) is 0 Å². The molecule has 1 unspecified atom stereocenters. The number of benzene rings is 1. The van der Waals surface area contributed by atoms with E-state index in [4.69, 9.17) is 0 Å². The fourth-order valence-electron chi connectivity index (χ4n) is 4.44. The molecule has 1 aromatic heterocycles. The molecule has 186 valence electrons.